The van der Waals surface area contributed by atoms with Gasteiger partial charge in [0.15, 0.2) is 16.8 Å². The molecule has 2 aromatic heterocycles. The van der Waals surface area contributed by atoms with Gasteiger partial charge in [-0.05, 0) is 45.6 Å². The summed E-state index contributed by atoms with van der Waals surface area (Å²) in [4.78, 5) is 4.37. The van der Waals surface area contributed by atoms with E-state index in [4.69, 9.17) is 8.83 Å². The van der Waals surface area contributed by atoms with Crippen LogP contribution >= 0.6 is 15.9 Å². The highest BCUT2D eigenvalue weighted by atomic mass is 79.9. The standard InChI is InChI=1S/C17H8BrNO2/c18-14-5-4-13(21-14)10-6-9-2-1-3-11-15(9)12(7-10)16-17(11)20-8-19-16/h1-8H. The van der Waals surface area contributed by atoms with Crippen LogP contribution in [0.25, 0.3) is 44.7 Å². The zero-order valence-corrected chi connectivity index (χ0v) is 12.3. The average Bonchev–Trinajstić information content (AvgIpc) is 3.18. The van der Waals surface area contributed by atoms with Gasteiger partial charge in [0.1, 0.15) is 11.5 Å². The van der Waals surface area contributed by atoms with Crippen molar-refractivity contribution >= 4 is 26.7 Å². The molecule has 4 aromatic rings. The van der Waals surface area contributed by atoms with Gasteiger partial charge < -0.3 is 8.83 Å². The van der Waals surface area contributed by atoms with Crippen molar-refractivity contribution in [2.45, 2.75) is 0 Å². The van der Waals surface area contributed by atoms with Crippen molar-refractivity contribution in [1.82, 2.24) is 4.98 Å². The smallest absolute Gasteiger partial charge is 0.182 e. The normalized spacial score (nSPS) is 12.0. The minimum atomic E-state index is 0.727. The number of benzene rings is 2. The van der Waals surface area contributed by atoms with E-state index in [0.717, 1.165) is 38.6 Å². The molecule has 3 nitrogen and oxygen atoms in total. The Morgan fingerprint density at radius 1 is 1.00 bits per heavy atom. The number of hydrogen-bond donors (Lipinski definition) is 0. The number of hydrogen-bond acceptors (Lipinski definition) is 3. The minimum absolute atomic E-state index is 0.727. The van der Waals surface area contributed by atoms with Gasteiger partial charge in [-0.1, -0.05) is 18.2 Å². The molecule has 0 spiro atoms. The first-order valence-corrected chi connectivity index (χ1v) is 7.37. The highest BCUT2D eigenvalue weighted by Crippen LogP contribution is 2.48. The van der Waals surface area contributed by atoms with Crippen molar-refractivity contribution in [3.05, 3.63) is 53.5 Å². The van der Waals surface area contributed by atoms with Gasteiger partial charge in [-0.3, -0.25) is 0 Å². The van der Waals surface area contributed by atoms with Crippen molar-refractivity contribution in [2.75, 3.05) is 0 Å². The summed E-state index contributed by atoms with van der Waals surface area (Å²) in [6.45, 7) is 0. The number of furan rings is 1. The monoisotopic (exact) mass is 337 g/mol. The number of nitrogens with zero attached hydrogens (tertiary/aromatic N) is 1. The van der Waals surface area contributed by atoms with Gasteiger partial charge in [-0.15, -0.1) is 0 Å². The summed E-state index contributed by atoms with van der Waals surface area (Å²) in [6, 6.07) is 14.3. The van der Waals surface area contributed by atoms with Crippen LogP contribution in [0.4, 0.5) is 0 Å². The lowest BCUT2D eigenvalue weighted by Crippen LogP contribution is -1.81. The number of oxazole rings is 1. The van der Waals surface area contributed by atoms with Crippen LogP contribution in [0.15, 0.2) is 62.4 Å². The molecule has 0 saturated carbocycles. The van der Waals surface area contributed by atoms with E-state index in [-0.39, 0.29) is 0 Å². The fourth-order valence-electron chi connectivity index (χ4n) is 3.04. The molecule has 0 unspecified atom stereocenters. The first-order chi connectivity index (χ1) is 10.3. The molecule has 0 amide bonds. The number of rotatable bonds is 1. The van der Waals surface area contributed by atoms with E-state index < -0.39 is 0 Å². The Hall–Kier alpha value is -2.33. The largest absolute Gasteiger partial charge is 0.449 e. The number of fused-ring (bicyclic) bond motifs is 3. The zero-order valence-electron chi connectivity index (χ0n) is 10.8. The quantitative estimate of drug-likeness (QED) is 0.405. The summed E-state index contributed by atoms with van der Waals surface area (Å²) in [6.07, 6.45) is 1.50. The Balaban J connectivity index is 1.89. The van der Waals surface area contributed by atoms with E-state index in [9.17, 15) is 0 Å². The third kappa shape index (κ3) is 1.45. The first kappa shape index (κ1) is 11.3. The summed E-state index contributed by atoms with van der Waals surface area (Å²) in [5.74, 6) is 1.69. The van der Waals surface area contributed by atoms with Crippen LogP contribution in [0.5, 0.6) is 0 Å². The van der Waals surface area contributed by atoms with Crippen molar-refractivity contribution < 1.29 is 8.83 Å². The lowest BCUT2D eigenvalue weighted by atomic mass is 10.00. The predicted octanol–water partition coefficient (Wildman–Crippen LogP) is 5.50. The molecule has 0 radical (unpaired) electrons. The Morgan fingerprint density at radius 2 is 1.95 bits per heavy atom. The molecule has 0 fully saturated rings. The van der Waals surface area contributed by atoms with E-state index in [0.29, 0.717) is 0 Å². The lowest BCUT2D eigenvalue weighted by Gasteiger charge is -2.05. The lowest BCUT2D eigenvalue weighted by molar-refractivity contribution is 0.556. The Bertz CT molecular complexity index is 1010. The molecule has 5 rings (SSSR count). The van der Waals surface area contributed by atoms with Crippen LogP contribution in [0.1, 0.15) is 0 Å². The average molecular weight is 338 g/mol. The highest BCUT2D eigenvalue weighted by Gasteiger charge is 2.26. The third-order valence-electron chi connectivity index (χ3n) is 3.90. The molecule has 2 aromatic carbocycles. The molecule has 0 N–H and O–H groups in total. The molecule has 4 heteroatoms. The predicted molar refractivity (Wildman–Crippen MR) is 83.8 cm³/mol. The molecule has 100 valence electrons. The van der Waals surface area contributed by atoms with Crippen LogP contribution in [-0.2, 0) is 0 Å². The Labute approximate surface area is 128 Å². The summed E-state index contributed by atoms with van der Waals surface area (Å²) < 4.78 is 12.0. The zero-order chi connectivity index (χ0) is 14.0. The fraction of sp³-hybridized carbons (Fsp3) is 0. The van der Waals surface area contributed by atoms with E-state index >= 15 is 0 Å². The van der Waals surface area contributed by atoms with Gasteiger partial charge in [0, 0.05) is 22.1 Å². The van der Waals surface area contributed by atoms with E-state index in [1.54, 1.807) is 0 Å². The molecule has 0 saturated heterocycles. The topological polar surface area (TPSA) is 39.2 Å². The maximum absolute atomic E-state index is 5.68. The molecule has 1 aliphatic carbocycles. The molecule has 2 heterocycles. The van der Waals surface area contributed by atoms with Crippen molar-refractivity contribution in [3.8, 4) is 33.9 Å². The Morgan fingerprint density at radius 3 is 2.81 bits per heavy atom. The second kappa shape index (κ2) is 3.86. The van der Waals surface area contributed by atoms with Gasteiger partial charge in [-0.25, -0.2) is 4.98 Å². The van der Waals surface area contributed by atoms with Gasteiger partial charge in [0.2, 0.25) is 0 Å². The minimum Gasteiger partial charge on any atom is -0.449 e. The van der Waals surface area contributed by atoms with E-state index in [1.165, 1.54) is 17.2 Å². The third-order valence-corrected chi connectivity index (χ3v) is 4.33. The van der Waals surface area contributed by atoms with Crippen molar-refractivity contribution in [2.24, 2.45) is 0 Å². The number of aromatic nitrogens is 1. The van der Waals surface area contributed by atoms with Gasteiger partial charge >= 0.3 is 0 Å². The van der Waals surface area contributed by atoms with Gasteiger partial charge in [0.25, 0.3) is 0 Å². The molecule has 21 heavy (non-hydrogen) atoms. The fourth-order valence-corrected chi connectivity index (χ4v) is 3.35. The van der Waals surface area contributed by atoms with Crippen LogP contribution in [-0.4, -0.2) is 4.98 Å². The highest BCUT2D eigenvalue weighted by molar-refractivity contribution is 9.10. The SMILES string of the molecule is Brc1ccc(-c2cc3c4c(cccc4c2)-c2ocnc2-3)o1. The summed E-state index contributed by atoms with van der Waals surface area (Å²) in [7, 11) is 0. The van der Waals surface area contributed by atoms with Gasteiger partial charge in [0.05, 0.1) is 0 Å². The van der Waals surface area contributed by atoms with Crippen LogP contribution in [0, 0.1) is 0 Å². The van der Waals surface area contributed by atoms with Gasteiger partial charge in [-0.2, -0.15) is 0 Å². The van der Waals surface area contributed by atoms with E-state index in [1.807, 2.05) is 18.2 Å². The molecule has 0 aliphatic heterocycles. The molecule has 0 atom stereocenters. The molecule has 0 bridgehead atoms. The summed E-state index contributed by atoms with van der Waals surface area (Å²) in [5, 5.41) is 2.37. The number of halogens is 1. The van der Waals surface area contributed by atoms with Crippen LogP contribution < -0.4 is 0 Å². The molecular weight excluding hydrogens is 330 g/mol. The first-order valence-electron chi connectivity index (χ1n) is 6.58. The second-order valence-electron chi connectivity index (χ2n) is 5.06. The summed E-state index contributed by atoms with van der Waals surface area (Å²) in [5.41, 5.74) is 4.17. The maximum Gasteiger partial charge on any atom is 0.182 e. The molecular formula is C17H8BrNO2. The Kier molecular flexibility index (Phi) is 2.08. The van der Waals surface area contributed by atoms with Crippen molar-refractivity contribution in [3.63, 3.8) is 0 Å². The van der Waals surface area contributed by atoms with Crippen molar-refractivity contribution in [1.29, 1.82) is 0 Å². The van der Waals surface area contributed by atoms with E-state index in [2.05, 4.69) is 45.2 Å². The van der Waals surface area contributed by atoms with Crippen LogP contribution in [0.3, 0.4) is 0 Å². The molecule has 1 aliphatic rings. The maximum atomic E-state index is 5.68. The summed E-state index contributed by atoms with van der Waals surface area (Å²) >= 11 is 3.35. The second-order valence-corrected chi connectivity index (χ2v) is 5.84. The van der Waals surface area contributed by atoms with Crippen LogP contribution in [0.2, 0.25) is 0 Å².